The topological polar surface area (TPSA) is 150 Å². The van der Waals surface area contributed by atoms with E-state index in [0.717, 1.165) is 21.6 Å². The van der Waals surface area contributed by atoms with Crippen LogP contribution < -0.4 is 48.1 Å². The van der Waals surface area contributed by atoms with Gasteiger partial charge in [0.15, 0.2) is 17.5 Å². The molecule has 35 heavy (non-hydrogen) atoms. The summed E-state index contributed by atoms with van der Waals surface area (Å²) in [5.41, 5.74) is 11.8. The minimum Gasteiger partial charge on any atom is -1.00 e. The van der Waals surface area contributed by atoms with Gasteiger partial charge < -0.3 is 48.1 Å². The standard InChI is InChI=1S/C23H26N4O6S.ClH/c1-30-17-6-5-12(7-16(17)27-23(29)15(24)10-20(25)28)14-11-26-34-22(14)13-8-18(31-2)21(33-4)19(9-13)32-3;/h5-9,11,15H,10,24H2,1-4H3,(H2,25,28)(H,27,29);1H/t15-;/m0./s1. The number of halogens is 1. The summed E-state index contributed by atoms with van der Waals surface area (Å²) in [6, 6.07) is 8.25. The Bertz CT molecular complexity index is 1180. The molecule has 0 aliphatic rings. The van der Waals surface area contributed by atoms with Gasteiger partial charge in [-0.3, -0.25) is 9.59 Å². The number of carbonyl (C=O) groups is 2. The van der Waals surface area contributed by atoms with Crippen molar-refractivity contribution in [3.8, 4) is 44.6 Å². The van der Waals surface area contributed by atoms with Gasteiger partial charge in [0.25, 0.3) is 5.91 Å². The molecular weight excluding hydrogens is 496 g/mol. The van der Waals surface area contributed by atoms with Crippen LogP contribution in [-0.2, 0) is 9.59 Å². The number of amides is 2. The van der Waals surface area contributed by atoms with Gasteiger partial charge in [0.2, 0.25) is 11.7 Å². The first-order chi connectivity index (χ1) is 16.3. The molecule has 0 bridgehead atoms. The molecule has 2 amide bonds. The third-order valence-corrected chi connectivity index (χ3v) is 5.93. The van der Waals surface area contributed by atoms with Crippen LogP contribution in [-0.4, -0.2) is 50.7 Å². The number of carbonyl (C=O) groups excluding carboxylic acids is 2. The van der Waals surface area contributed by atoms with Gasteiger partial charge in [0, 0.05) is 17.3 Å². The molecule has 1 heterocycles. The molecule has 2 aromatic carbocycles. The molecule has 0 saturated heterocycles. The number of hydrogen-bond acceptors (Lipinski definition) is 8. The largest absolute Gasteiger partial charge is 1.00 e. The summed E-state index contributed by atoms with van der Waals surface area (Å²) >= 11 is 1.31. The van der Waals surface area contributed by atoms with Crippen molar-refractivity contribution < 1.29 is 46.7 Å². The number of aromatic nitrogens is 1. The molecule has 3 rings (SSSR count). The van der Waals surface area contributed by atoms with Crippen molar-refractivity contribution in [2.45, 2.75) is 12.5 Å². The maximum Gasteiger partial charge on any atom is 0.283 e. The third kappa shape index (κ3) is 6.13. The van der Waals surface area contributed by atoms with Crippen LogP contribution in [0.25, 0.3) is 21.6 Å². The molecule has 0 spiro atoms. The highest BCUT2D eigenvalue weighted by Crippen LogP contribution is 2.45. The minimum atomic E-state index is -0.830. The predicted molar refractivity (Wildman–Crippen MR) is 128 cm³/mol. The number of quaternary nitrogens is 1. The van der Waals surface area contributed by atoms with Crippen LogP contribution in [0.2, 0.25) is 0 Å². The molecular formula is C23H27ClN4O6S. The summed E-state index contributed by atoms with van der Waals surface area (Å²) < 4.78 is 26.1. The lowest BCUT2D eigenvalue weighted by molar-refractivity contribution is -0.401. The highest BCUT2D eigenvalue weighted by atomic mass is 35.5. The van der Waals surface area contributed by atoms with Crippen molar-refractivity contribution in [2.24, 2.45) is 5.73 Å². The molecule has 0 fully saturated rings. The number of anilines is 1. The molecule has 0 aliphatic carbocycles. The fourth-order valence-electron chi connectivity index (χ4n) is 3.41. The zero-order valence-electron chi connectivity index (χ0n) is 19.7. The molecule has 1 aromatic heterocycles. The number of ether oxygens (including phenoxy) is 4. The molecule has 12 heteroatoms. The number of nitrogens with two attached hydrogens (primary N) is 1. The van der Waals surface area contributed by atoms with E-state index >= 15 is 0 Å². The molecule has 3 aromatic rings. The number of nitrogens with one attached hydrogen (secondary N) is 1. The SMILES string of the molecule is COc1ccc(-c2cnsc2-c2cc(OC)c(OC)c(OC)c2)cc1NC(=O)[C@@H]([NH3+])CC(N)=O.[Cl-]. The van der Waals surface area contributed by atoms with E-state index in [4.69, 9.17) is 24.7 Å². The second-order valence-electron chi connectivity index (χ2n) is 7.25. The van der Waals surface area contributed by atoms with Crippen LogP contribution in [0.1, 0.15) is 6.42 Å². The lowest BCUT2D eigenvalue weighted by Gasteiger charge is -2.15. The summed E-state index contributed by atoms with van der Waals surface area (Å²) in [7, 11) is 6.16. The monoisotopic (exact) mass is 522 g/mol. The predicted octanol–water partition coefficient (Wildman–Crippen LogP) is -1.06. The van der Waals surface area contributed by atoms with Gasteiger partial charge in [-0.25, -0.2) is 0 Å². The number of rotatable bonds is 10. The number of methoxy groups -OCH3 is 4. The van der Waals surface area contributed by atoms with Crippen LogP contribution in [0.5, 0.6) is 23.0 Å². The summed E-state index contributed by atoms with van der Waals surface area (Å²) in [6.07, 6.45) is 1.58. The third-order valence-electron chi connectivity index (χ3n) is 5.08. The number of primary amides is 1. The summed E-state index contributed by atoms with van der Waals surface area (Å²) in [6.45, 7) is 0. The van der Waals surface area contributed by atoms with E-state index in [1.807, 2.05) is 18.2 Å². The van der Waals surface area contributed by atoms with E-state index < -0.39 is 17.9 Å². The van der Waals surface area contributed by atoms with E-state index in [0.29, 0.717) is 28.7 Å². The van der Waals surface area contributed by atoms with E-state index in [1.165, 1.54) is 18.6 Å². The van der Waals surface area contributed by atoms with Crippen molar-refractivity contribution in [1.29, 1.82) is 0 Å². The first-order valence-electron chi connectivity index (χ1n) is 10.2. The Morgan fingerprint density at radius 2 is 1.63 bits per heavy atom. The Morgan fingerprint density at radius 3 is 2.17 bits per heavy atom. The van der Waals surface area contributed by atoms with Crippen LogP contribution in [0, 0.1) is 0 Å². The molecule has 10 nitrogen and oxygen atoms in total. The number of benzene rings is 2. The normalized spacial score (nSPS) is 11.1. The Hall–Kier alpha value is -3.54. The van der Waals surface area contributed by atoms with Gasteiger partial charge >= 0.3 is 0 Å². The molecule has 0 saturated carbocycles. The second kappa shape index (κ2) is 12.2. The second-order valence-corrected chi connectivity index (χ2v) is 8.06. The maximum absolute atomic E-state index is 12.5. The van der Waals surface area contributed by atoms with Gasteiger partial charge in [-0.05, 0) is 41.4 Å². The van der Waals surface area contributed by atoms with Crippen molar-refractivity contribution in [3.05, 3.63) is 36.5 Å². The molecule has 6 N–H and O–H groups in total. The highest BCUT2D eigenvalue weighted by Gasteiger charge is 2.22. The van der Waals surface area contributed by atoms with Crippen LogP contribution >= 0.6 is 11.5 Å². The smallest absolute Gasteiger partial charge is 0.283 e. The maximum atomic E-state index is 12.5. The van der Waals surface area contributed by atoms with Gasteiger partial charge in [-0.15, -0.1) is 0 Å². The Kier molecular flexibility index (Phi) is 9.69. The van der Waals surface area contributed by atoms with Gasteiger partial charge in [0.1, 0.15) is 5.75 Å². The van der Waals surface area contributed by atoms with Crippen molar-refractivity contribution >= 4 is 29.0 Å². The Labute approximate surface area is 213 Å². The molecule has 0 unspecified atom stereocenters. The highest BCUT2D eigenvalue weighted by molar-refractivity contribution is 7.10. The van der Waals surface area contributed by atoms with Gasteiger partial charge in [-0.2, -0.15) is 4.37 Å². The molecule has 188 valence electrons. The van der Waals surface area contributed by atoms with Gasteiger partial charge in [0.05, 0.1) is 45.4 Å². The van der Waals surface area contributed by atoms with E-state index in [1.54, 1.807) is 39.7 Å². The quantitative estimate of drug-likeness (QED) is 0.307. The van der Waals surface area contributed by atoms with E-state index in [9.17, 15) is 9.59 Å². The van der Waals surface area contributed by atoms with E-state index in [2.05, 4.69) is 15.4 Å². The summed E-state index contributed by atoms with van der Waals surface area (Å²) in [4.78, 5) is 24.5. The lowest BCUT2D eigenvalue weighted by Crippen LogP contribution is -3.00. The number of nitrogens with zero attached hydrogens (tertiary/aromatic N) is 1. The van der Waals surface area contributed by atoms with Gasteiger partial charge in [-0.1, -0.05) is 6.07 Å². The molecule has 0 aliphatic heterocycles. The molecule has 1 atom stereocenters. The van der Waals surface area contributed by atoms with E-state index in [-0.39, 0.29) is 18.8 Å². The number of hydrogen-bond donors (Lipinski definition) is 3. The fourth-order valence-corrected chi connectivity index (χ4v) is 4.16. The first-order valence-corrected chi connectivity index (χ1v) is 11.0. The van der Waals surface area contributed by atoms with Crippen LogP contribution in [0.3, 0.4) is 0 Å². The summed E-state index contributed by atoms with van der Waals surface area (Å²) in [5.74, 6) is 0.955. The lowest BCUT2D eigenvalue weighted by atomic mass is 10.0. The molecule has 0 radical (unpaired) electrons. The van der Waals surface area contributed by atoms with Crippen molar-refractivity contribution in [2.75, 3.05) is 33.8 Å². The van der Waals surface area contributed by atoms with Crippen LogP contribution in [0.15, 0.2) is 36.5 Å². The van der Waals surface area contributed by atoms with Crippen molar-refractivity contribution in [1.82, 2.24) is 4.37 Å². The fraction of sp³-hybridized carbons (Fsp3) is 0.261. The zero-order chi connectivity index (χ0) is 24.8. The average molecular weight is 523 g/mol. The Morgan fingerprint density at radius 1 is 1.00 bits per heavy atom. The van der Waals surface area contributed by atoms with Crippen molar-refractivity contribution in [3.63, 3.8) is 0 Å². The van der Waals surface area contributed by atoms with Crippen LogP contribution in [0.4, 0.5) is 5.69 Å². The zero-order valence-corrected chi connectivity index (χ0v) is 21.3. The minimum absolute atomic E-state index is 0. The first kappa shape index (κ1) is 27.7. The average Bonchev–Trinajstić information content (AvgIpc) is 3.32. The summed E-state index contributed by atoms with van der Waals surface area (Å²) in [5, 5.41) is 2.77. The Balaban J connectivity index is 0.00000432.